The maximum Gasteiger partial charge on any atom is 0.337 e. The fourth-order valence-corrected chi connectivity index (χ4v) is 2.41. The van der Waals surface area contributed by atoms with Crippen molar-refractivity contribution in [2.45, 2.75) is 65.3 Å². The van der Waals surface area contributed by atoms with Gasteiger partial charge in [0.25, 0.3) is 0 Å². The number of hydrogen-bond acceptors (Lipinski definition) is 3. The van der Waals surface area contributed by atoms with E-state index in [2.05, 4.69) is 26.1 Å². The molecule has 0 saturated carbocycles. The number of unbranched alkanes of at least 4 members (excludes halogenated alkanes) is 4. The van der Waals surface area contributed by atoms with Crippen LogP contribution >= 0.6 is 0 Å². The number of aryl methyl sites for hydroxylation is 1. The quantitative estimate of drug-likeness (QED) is 0.517. The van der Waals surface area contributed by atoms with E-state index in [1.54, 1.807) is 0 Å². The van der Waals surface area contributed by atoms with E-state index in [-0.39, 0.29) is 5.97 Å². The van der Waals surface area contributed by atoms with E-state index in [1.807, 2.05) is 18.2 Å². The zero-order valence-electron chi connectivity index (χ0n) is 13.9. The number of esters is 1. The van der Waals surface area contributed by atoms with Crippen LogP contribution in [0.15, 0.2) is 18.2 Å². The topological polar surface area (TPSA) is 38.3 Å². The Morgan fingerprint density at radius 1 is 1.24 bits per heavy atom. The van der Waals surface area contributed by atoms with Crippen molar-refractivity contribution >= 4 is 11.7 Å². The number of rotatable bonds is 9. The van der Waals surface area contributed by atoms with Crippen LogP contribution in [0.4, 0.5) is 5.69 Å². The van der Waals surface area contributed by atoms with Gasteiger partial charge in [0.2, 0.25) is 0 Å². The zero-order chi connectivity index (χ0) is 15.7. The summed E-state index contributed by atoms with van der Waals surface area (Å²) < 4.78 is 4.77. The minimum atomic E-state index is -0.287. The first-order valence-corrected chi connectivity index (χ1v) is 8.04. The van der Waals surface area contributed by atoms with Crippen molar-refractivity contribution in [2.75, 3.05) is 12.4 Å². The van der Waals surface area contributed by atoms with Gasteiger partial charge in [0.1, 0.15) is 0 Å². The summed E-state index contributed by atoms with van der Waals surface area (Å²) in [6.45, 7) is 6.49. The molecule has 0 fully saturated rings. The fraction of sp³-hybridized carbons (Fsp3) is 0.611. The number of nitrogens with one attached hydrogen (secondary N) is 1. The van der Waals surface area contributed by atoms with Crippen LogP contribution in [-0.4, -0.2) is 19.1 Å². The summed E-state index contributed by atoms with van der Waals surface area (Å²) in [4.78, 5) is 11.6. The third-order valence-corrected chi connectivity index (χ3v) is 3.80. The maximum atomic E-state index is 11.6. The molecule has 0 aliphatic heterocycles. The molecule has 0 spiro atoms. The molecule has 1 aromatic carbocycles. The molecule has 0 bridgehead atoms. The van der Waals surface area contributed by atoms with E-state index < -0.39 is 0 Å². The number of anilines is 1. The van der Waals surface area contributed by atoms with Crippen molar-refractivity contribution in [1.29, 1.82) is 0 Å². The van der Waals surface area contributed by atoms with Crippen LogP contribution < -0.4 is 5.32 Å². The van der Waals surface area contributed by atoms with Gasteiger partial charge in [-0.15, -0.1) is 0 Å². The molecule has 0 radical (unpaired) electrons. The third-order valence-electron chi connectivity index (χ3n) is 3.80. The number of methoxy groups -OCH3 is 1. The van der Waals surface area contributed by atoms with Crippen LogP contribution in [0.1, 0.15) is 68.3 Å². The Morgan fingerprint density at radius 2 is 1.95 bits per heavy atom. The first-order valence-electron chi connectivity index (χ1n) is 8.04. The smallest absolute Gasteiger partial charge is 0.337 e. The Labute approximate surface area is 129 Å². The molecule has 0 heterocycles. The van der Waals surface area contributed by atoms with E-state index in [0.717, 1.165) is 17.7 Å². The van der Waals surface area contributed by atoms with Crippen LogP contribution in [0.3, 0.4) is 0 Å². The Morgan fingerprint density at radius 3 is 2.62 bits per heavy atom. The van der Waals surface area contributed by atoms with E-state index in [1.165, 1.54) is 39.2 Å². The Hall–Kier alpha value is -1.51. The molecule has 3 heteroatoms. The monoisotopic (exact) mass is 291 g/mol. The average Bonchev–Trinajstić information content (AvgIpc) is 2.48. The predicted molar refractivity (Wildman–Crippen MR) is 89.0 cm³/mol. The number of ether oxygens (including phenoxy) is 1. The van der Waals surface area contributed by atoms with Crippen molar-refractivity contribution in [3.63, 3.8) is 0 Å². The van der Waals surface area contributed by atoms with Gasteiger partial charge in [-0.25, -0.2) is 4.79 Å². The van der Waals surface area contributed by atoms with Crippen molar-refractivity contribution in [3.8, 4) is 0 Å². The Balaban J connectivity index is 2.51. The van der Waals surface area contributed by atoms with Gasteiger partial charge in [-0.1, -0.05) is 45.1 Å². The molecule has 0 amide bonds. The van der Waals surface area contributed by atoms with Gasteiger partial charge in [0.15, 0.2) is 0 Å². The standard InChI is InChI=1S/C18H29NO2/c1-5-6-7-8-9-10-15(3)19-17-13-16(18(20)21-4)12-11-14(17)2/h11-13,15,19H,5-10H2,1-4H3. The summed E-state index contributed by atoms with van der Waals surface area (Å²) in [6.07, 6.45) is 7.67. The minimum Gasteiger partial charge on any atom is -0.465 e. The second-order valence-corrected chi connectivity index (χ2v) is 5.77. The van der Waals surface area contributed by atoms with Gasteiger partial charge >= 0.3 is 5.97 Å². The summed E-state index contributed by atoms with van der Waals surface area (Å²) in [5.74, 6) is -0.287. The molecule has 0 aliphatic rings. The van der Waals surface area contributed by atoms with Crippen LogP contribution in [0.5, 0.6) is 0 Å². The van der Waals surface area contributed by atoms with Gasteiger partial charge < -0.3 is 10.1 Å². The average molecular weight is 291 g/mol. The van der Waals surface area contributed by atoms with E-state index in [9.17, 15) is 4.79 Å². The fourth-order valence-electron chi connectivity index (χ4n) is 2.41. The van der Waals surface area contributed by atoms with Crippen molar-refractivity contribution < 1.29 is 9.53 Å². The zero-order valence-corrected chi connectivity index (χ0v) is 13.9. The summed E-state index contributed by atoms with van der Waals surface area (Å²) in [7, 11) is 1.41. The lowest BCUT2D eigenvalue weighted by molar-refractivity contribution is 0.0601. The van der Waals surface area contributed by atoms with Gasteiger partial charge in [-0.05, 0) is 38.0 Å². The van der Waals surface area contributed by atoms with Crippen LogP contribution in [0.25, 0.3) is 0 Å². The number of hydrogen-bond donors (Lipinski definition) is 1. The van der Waals surface area contributed by atoms with Crippen LogP contribution in [0.2, 0.25) is 0 Å². The Kier molecular flexibility index (Phi) is 7.88. The highest BCUT2D eigenvalue weighted by atomic mass is 16.5. The van der Waals surface area contributed by atoms with Crippen LogP contribution in [0, 0.1) is 6.92 Å². The lowest BCUT2D eigenvalue weighted by Crippen LogP contribution is -2.16. The SMILES string of the molecule is CCCCCCCC(C)Nc1cc(C(=O)OC)ccc1C. The first-order chi connectivity index (χ1) is 10.1. The molecule has 1 atom stereocenters. The Bertz CT molecular complexity index is 443. The lowest BCUT2D eigenvalue weighted by Gasteiger charge is -2.17. The summed E-state index contributed by atoms with van der Waals surface area (Å²) in [5, 5.41) is 3.51. The highest BCUT2D eigenvalue weighted by Crippen LogP contribution is 2.20. The lowest BCUT2D eigenvalue weighted by atomic mass is 10.1. The molecule has 0 aliphatic carbocycles. The molecule has 1 N–H and O–H groups in total. The maximum absolute atomic E-state index is 11.6. The molecular weight excluding hydrogens is 262 g/mol. The first kappa shape index (κ1) is 17.5. The van der Waals surface area contributed by atoms with Gasteiger partial charge in [0, 0.05) is 11.7 Å². The number of carbonyl (C=O) groups is 1. The summed E-state index contributed by atoms with van der Waals surface area (Å²) in [6, 6.07) is 6.07. The third kappa shape index (κ3) is 6.19. The second-order valence-electron chi connectivity index (χ2n) is 5.77. The molecule has 1 rings (SSSR count). The highest BCUT2D eigenvalue weighted by Gasteiger charge is 2.09. The number of carbonyl (C=O) groups excluding carboxylic acids is 1. The summed E-state index contributed by atoms with van der Waals surface area (Å²) >= 11 is 0. The van der Waals surface area contributed by atoms with Gasteiger partial charge in [-0.2, -0.15) is 0 Å². The van der Waals surface area contributed by atoms with Crippen molar-refractivity contribution in [3.05, 3.63) is 29.3 Å². The number of benzene rings is 1. The largest absolute Gasteiger partial charge is 0.465 e. The van der Waals surface area contributed by atoms with Gasteiger partial charge in [0.05, 0.1) is 12.7 Å². The molecular formula is C18H29NO2. The normalized spacial score (nSPS) is 12.0. The predicted octanol–water partition coefficient (Wildman–Crippen LogP) is 4.94. The molecule has 3 nitrogen and oxygen atoms in total. The van der Waals surface area contributed by atoms with Gasteiger partial charge in [-0.3, -0.25) is 0 Å². The second kappa shape index (κ2) is 9.43. The highest BCUT2D eigenvalue weighted by molar-refractivity contribution is 5.90. The molecule has 0 aromatic heterocycles. The molecule has 1 aromatic rings. The molecule has 0 saturated heterocycles. The van der Waals surface area contributed by atoms with E-state index in [4.69, 9.17) is 4.74 Å². The summed E-state index contributed by atoms with van der Waals surface area (Å²) in [5.41, 5.74) is 2.78. The van der Waals surface area contributed by atoms with E-state index in [0.29, 0.717) is 11.6 Å². The van der Waals surface area contributed by atoms with Crippen LogP contribution in [-0.2, 0) is 4.74 Å². The molecule has 118 valence electrons. The van der Waals surface area contributed by atoms with Crippen molar-refractivity contribution in [1.82, 2.24) is 0 Å². The molecule has 1 unspecified atom stereocenters. The molecule has 21 heavy (non-hydrogen) atoms. The minimum absolute atomic E-state index is 0.287. The van der Waals surface area contributed by atoms with Crippen molar-refractivity contribution in [2.24, 2.45) is 0 Å². The van der Waals surface area contributed by atoms with E-state index >= 15 is 0 Å².